The van der Waals surface area contributed by atoms with E-state index in [4.69, 9.17) is 15.7 Å². The first-order chi connectivity index (χ1) is 8.60. The molecule has 0 spiro atoms. The average molecular weight is 245 g/mol. The van der Waals surface area contributed by atoms with Crippen molar-refractivity contribution in [2.24, 2.45) is 11.8 Å². The SMILES string of the molecule is CC1CCC(Oc2ncc(N)cc2C#N)CC1C. The summed E-state index contributed by atoms with van der Waals surface area (Å²) < 4.78 is 5.86. The van der Waals surface area contributed by atoms with Crippen molar-refractivity contribution in [1.29, 1.82) is 5.26 Å². The summed E-state index contributed by atoms with van der Waals surface area (Å²) in [7, 11) is 0. The molecule has 0 amide bonds. The number of nitriles is 1. The Morgan fingerprint density at radius 2 is 2.17 bits per heavy atom. The Bertz CT molecular complexity index is 467. The highest BCUT2D eigenvalue weighted by molar-refractivity contribution is 5.48. The molecule has 2 N–H and O–H groups in total. The van der Waals surface area contributed by atoms with Crippen molar-refractivity contribution in [1.82, 2.24) is 4.98 Å². The third-order valence-electron chi connectivity index (χ3n) is 3.82. The lowest BCUT2D eigenvalue weighted by molar-refractivity contribution is 0.0962. The second kappa shape index (κ2) is 5.26. The molecule has 2 rings (SSSR count). The second-order valence-electron chi connectivity index (χ2n) is 5.24. The second-order valence-corrected chi connectivity index (χ2v) is 5.24. The van der Waals surface area contributed by atoms with Gasteiger partial charge in [0.25, 0.3) is 0 Å². The summed E-state index contributed by atoms with van der Waals surface area (Å²) in [5, 5.41) is 9.04. The van der Waals surface area contributed by atoms with Crippen LogP contribution in [-0.4, -0.2) is 11.1 Å². The Hall–Kier alpha value is -1.76. The van der Waals surface area contributed by atoms with Crippen LogP contribution in [0, 0.1) is 23.2 Å². The highest BCUT2D eigenvalue weighted by atomic mass is 16.5. The van der Waals surface area contributed by atoms with Crippen molar-refractivity contribution < 1.29 is 4.74 Å². The molecular formula is C14H19N3O. The number of nitrogen functional groups attached to an aromatic ring is 1. The van der Waals surface area contributed by atoms with Crippen LogP contribution >= 0.6 is 0 Å². The van der Waals surface area contributed by atoms with Gasteiger partial charge in [0.1, 0.15) is 17.7 Å². The van der Waals surface area contributed by atoms with Gasteiger partial charge in [-0.3, -0.25) is 0 Å². The minimum atomic E-state index is 0.166. The lowest BCUT2D eigenvalue weighted by Crippen LogP contribution is -2.29. The van der Waals surface area contributed by atoms with Gasteiger partial charge >= 0.3 is 0 Å². The molecule has 1 saturated carbocycles. The normalized spacial score (nSPS) is 27.5. The Labute approximate surface area is 108 Å². The fraction of sp³-hybridized carbons (Fsp3) is 0.571. The van der Waals surface area contributed by atoms with Crippen LogP contribution in [0.3, 0.4) is 0 Å². The van der Waals surface area contributed by atoms with Crippen molar-refractivity contribution in [3.05, 3.63) is 17.8 Å². The number of aromatic nitrogens is 1. The van der Waals surface area contributed by atoms with Crippen LogP contribution in [0.2, 0.25) is 0 Å². The zero-order valence-corrected chi connectivity index (χ0v) is 10.9. The van der Waals surface area contributed by atoms with Crippen LogP contribution in [0.1, 0.15) is 38.7 Å². The molecular weight excluding hydrogens is 226 g/mol. The highest BCUT2D eigenvalue weighted by Crippen LogP contribution is 2.32. The van der Waals surface area contributed by atoms with Gasteiger partial charge < -0.3 is 10.5 Å². The Balaban J connectivity index is 2.08. The molecule has 4 nitrogen and oxygen atoms in total. The minimum Gasteiger partial charge on any atom is -0.473 e. The summed E-state index contributed by atoms with van der Waals surface area (Å²) in [5.74, 6) is 1.82. The van der Waals surface area contributed by atoms with E-state index in [9.17, 15) is 0 Å². The van der Waals surface area contributed by atoms with E-state index in [1.807, 2.05) is 0 Å². The van der Waals surface area contributed by atoms with E-state index in [1.54, 1.807) is 6.07 Å². The Kier molecular flexibility index (Phi) is 3.71. The summed E-state index contributed by atoms with van der Waals surface area (Å²) in [6.45, 7) is 4.53. The van der Waals surface area contributed by atoms with Crippen LogP contribution in [0.4, 0.5) is 5.69 Å². The molecule has 1 aliphatic carbocycles. The van der Waals surface area contributed by atoms with E-state index in [-0.39, 0.29) is 6.10 Å². The van der Waals surface area contributed by atoms with Gasteiger partial charge in [-0.05, 0) is 37.2 Å². The van der Waals surface area contributed by atoms with Crippen molar-refractivity contribution >= 4 is 5.69 Å². The first-order valence-corrected chi connectivity index (χ1v) is 6.42. The predicted molar refractivity (Wildman–Crippen MR) is 70.0 cm³/mol. The van der Waals surface area contributed by atoms with Gasteiger partial charge in [0.2, 0.25) is 5.88 Å². The summed E-state index contributed by atoms with van der Waals surface area (Å²) in [4.78, 5) is 4.12. The lowest BCUT2D eigenvalue weighted by atomic mass is 9.80. The first-order valence-electron chi connectivity index (χ1n) is 6.42. The molecule has 1 heterocycles. The van der Waals surface area contributed by atoms with Gasteiger partial charge in [0.05, 0.1) is 11.9 Å². The van der Waals surface area contributed by atoms with E-state index < -0.39 is 0 Å². The fourth-order valence-electron chi connectivity index (χ4n) is 2.41. The van der Waals surface area contributed by atoms with Gasteiger partial charge in [0, 0.05) is 0 Å². The van der Waals surface area contributed by atoms with Crippen LogP contribution < -0.4 is 10.5 Å². The molecule has 96 valence electrons. The molecule has 18 heavy (non-hydrogen) atoms. The number of pyridine rings is 1. The third-order valence-corrected chi connectivity index (χ3v) is 3.82. The molecule has 0 bridgehead atoms. The average Bonchev–Trinajstić information content (AvgIpc) is 2.36. The maximum Gasteiger partial charge on any atom is 0.232 e. The lowest BCUT2D eigenvalue weighted by Gasteiger charge is -2.32. The number of hydrogen-bond acceptors (Lipinski definition) is 4. The molecule has 1 aromatic heterocycles. The van der Waals surface area contributed by atoms with E-state index in [1.165, 1.54) is 12.6 Å². The highest BCUT2D eigenvalue weighted by Gasteiger charge is 2.26. The third kappa shape index (κ3) is 2.73. The molecule has 3 unspecified atom stereocenters. The van der Waals surface area contributed by atoms with Crippen LogP contribution in [0.5, 0.6) is 5.88 Å². The Morgan fingerprint density at radius 1 is 1.39 bits per heavy atom. The monoisotopic (exact) mass is 245 g/mol. The standard InChI is InChI=1S/C14H19N3O/c1-9-3-4-13(5-10(9)2)18-14-11(7-15)6-12(16)8-17-14/h6,8-10,13H,3-5,16H2,1-2H3. The fourth-order valence-corrected chi connectivity index (χ4v) is 2.41. The van der Waals surface area contributed by atoms with Gasteiger partial charge in [0.15, 0.2) is 0 Å². The molecule has 0 aromatic carbocycles. The number of anilines is 1. The largest absolute Gasteiger partial charge is 0.473 e. The number of rotatable bonds is 2. The van der Waals surface area contributed by atoms with Crippen LogP contribution in [0.15, 0.2) is 12.3 Å². The number of nitrogens with zero attached hydrogens (tertiary/aromatic N) is 2. The Morgan fingerprint density at radius 3 is 2.83 bits per heavy atom. The summed E-state index contributed by atoms with van der Waals surface area (Å²) in [6, 6.07) is 3.69. The van der Waals surface area contributed by atoms with E-state index >= 15 is 0 Å². The smallest absolute Gasteiger partial charge is 0.232 e. The molecule has 1 aromatic rings. The molecule has 0 radical (unpaired) electrons. The van der Waals surface area contributed by atoms with Crippen LogP contribution in [-0.2, 0) is 0 Å². The number of nitrogens with two attached hydrogens (primary N) is 1. The van der Waals surface area contributed by atoms with Gasteiger partial charge in [-0.15, -0.1) is 0 Å². The predicted octanol–water partition coefficient (Wildman–Crippen LogP) is 2.74. The van der Waals surface area contributed by atoms with Crippen molar-refractivity contribution in [2.45, 2.75) is 39.2 Å². The summed E-state index contributed by atoms with van der Waals surface area (Å²) >= 11 is 0. The van der Waals surface area contributed by atoms with Gasteiger partial charge in [-0.2, -0.15) is 5.26 Å². The maximum atomic E-state index is 9.04. The summed E-state index contributed by atoms with van der Waals surface area (Å²) in [5.41, 5.74) is 6.52. The molecule has 0 aliphatic heterocycles. The quantitative estimate of drug-likeness (QED) is 0.869. The molecule has 1 aliphatic rings. The van der Waals surface area contributed by atoms with Crippen molar-refractivity contribution in [3.8, 4) is 11.9 Å². The van der Waals surface area contributed by atoms with E-state index in [0.29, 0.717) is 23.0 Å². The molecule has 0 saturated heterocycles. The van der Waals surface area contributed by atoms with E-state index in [0.717, 1.165) is 18.8 Å². The maximum absolute atomic E-state index is 9.04. The molecule has 4 heteroatoms. The molecule has 1 fully saturated rings. The number of hydrogen-bond donors (Lipinski definition) is 1. The first kappa shape index (κ1) is 12.7. The van der Waals surface area contributed by atoms with E-state index in [2.05, 4.69) is 24.9 Å². The minimum absolute atomic E-state index is 0.166. The van der Waals surface area contributed by atoms with Crippen molar-refractivity contribution in [3.63, 3.8) is 0 Å². The van der Waals surface area contributed by atoms with Crippen LogP contribution in [0.25, 0.3) is 0 Å². The summed E-state index contributed by atoms with van der Waals surface area (Å²) in [6.07, 6.45) is 4.92. The van der Waals surface area contributed by atoms with Gasteiger partial charge in [-0.25, -0.2) is 4.98 Å². The zero-order chi connectivity index (χ0) is 13.1. The topological polar surface area (TPSA) is 71.9 Å². The molecule has 3 atom stereocenters. The van der Waals surface area contributed by atoms with Gasteiger partial charge in [-0.1, -0.05) is 13.8 Å². The number of ether oxygens (including phenoxy) is 1. The van der Waals surface area contributed by atoms with Crippen molar-refractivity contribution in [2.75, 3.05) is 5.73 Å². The zero-order valence-electron chi connectivity index (χ0n) is 10.9.